The third-order valence-corrected chi connectivity index (χ3v) is 4.30. The molecule has 1 aromatic heterocycles. The first-order valence-corrected chi connectivity index (χ1v) is 7.89. The number of ether oxygens (including phenoxy) is 1. The van der Waals surface area contributed by atoms with Crippen molar-refractivity contribution in [2.45, 2.75) is 58.4 Å². The Bertz CT molecular complexity index is 383. The lowest BCUT2D eigenvalue weighted by molar-refractivity contribution is -0.145. The van der Waals surface area contributed by atoms with Crippen molar-refractivity contribution in [1.82, 2.24) is 9.78 Å². The van der Waals surface area contributed by atoms with Gasteiger partial charge in [0.2, 0.25) is 0 Å². The van der Waals surface area contributed by atoms with Gasteiger partial charge in [-0.15, -0.1) is 0 Å². The van der Waals surface area contributed by atoms with E-state index in [1.54, 1.807) is 6.20 Å². The van der Waals surface area contributed by atoms with E-state index in [0.717, 1.165) is 18.9 Å². The molecular formula is C16H26N2O2. The van der Waals surface area contributed by atoms with Crippen molar-refractivity contribution < 1.29 is 9.53 Å². The number of carbonyl (C=O) groups is 1. The van der Waals surface area contributed by atoms with E-state index in [4.69, 9.17) is 4.74 Å². The number of hydrogen-bond acceptors (Lipinski definition) is 3. The molecule has 0 saturated heterocycles. The number of hydrogen-bond donors (Lipinski definition) is 0. The molecule has 1 atom stereocenters. The largest absolute Gasteiger partial charge is 0.466 e. The Morgan fingerprint density at radius 1 is 1.40 bits per heavy atom. The van der Waals surface area contributed by atoms with Crippen LogP contribution in [0.15, 0.2) is 18.5 Å². The van der Waals surface area contributed by atoms with Gasteiger partial charge in [0.25, 0.3) is 0 Å². The van der Waals surface area contributed by atoms with Crippen LogP contribution in [0.25, 0.3) is 0 Å². The zero-order chi connectivity index (χ0) is 14.2. The maximum Gasteiger partial charge on any atom is 0.306 e. The molecule has 4 nitrogen and oxygen atoms in total. The molecule has 0 N–H and O–H groups in total. The second-order valence-corrected chi connectivity index (χ2v) is 5.92. The van der Waals surface area contributed by atoms with E-state index in [-0.39, 0.29) is 5.97 Å². The van der Waals surface area contributed by atoms with E-state index < -0.39 is 0 Å². The van der Waals surface area contributed by atoms with E-state index in [1.807, 2.05) is 16.9 Å². The molecule has 20 heavy (non-hydrogen) atoms. The lowest BCUT2D eigenvalue weighted by Crippen LogP contribution is -2.20. The average molecular weight is 278 g/mol. The molecule has 1 aromatic rings. The van der Waals surface area contributed by atoms with E-state index in [0.29, 0.717) is 18.9 Å². The molecule has 2 rings (SSSR count). The molecule has 1 unspecified atom stereocenters. The van der Waals surface area contributed by atoms with Crippen LogP contribution in [0, 0.1) is 11.8 Å². The van der Waals surface area contributed by atoms with Gasteiger partial charge in [0.05, 0.1) is 6.61 Å². The Kier molecular flexibility index (Phi) is 6.09. The highest BCUT2D eigenvalue weighted by atomic mass is 16.5. The minimum Gasteiger partial charge on any atom is -0.466 e. The lowest BCUT2D eigenvalue weighted by Gasteiger charge is -2.26. The fraction of sp³-hybridized carbons (Fsp3) is 0.750. The normalized spacial score (nSPS) is 17.9. The SMILES string of the molecule is CC(CC(=O)OCCCn1cccn1)C1CCCCC1. The summed E-state index contributed by atoms with van der Waals surface area (Å²) < 4.78 is 7.18. The minimum atomic E-state index is -0.0384. The molecule has 0 bridgehead atoms. The molecule has 0 aliphatic heterocycles. The van der Waals surface area contributed by atoms with Gasteiger partial charge in [-0.1, -0.05) is 39.0 Å². The summed E-state index contributed by atoms with van der Waals surface area (Å²) >= 11 is 0. The minimum absolute atomic E-state index is 0.0384. The van der Waals surface area contributed by atoms with Crippen molar-refractivity contribution in [3.05, 3.63) is 18.5 Å². The monoisotopic (exact) mass is 278 g/mol. The third kappa shape index (κ3) is 4.99. The van der Waals surface area contributed by atoms with Gasteiger partial charge in [-0.2, -0.15) is 5.10 Å². The smallest absolute Gasteiger partial charge is 0.306 e. The Labute approximate surface area is 121 Å². The first kappa shape index (κ1) is 15.1. The van der Waals surface area contributed by atoms with E-state index in [9.17, 15) is 4.79 Å². The number of rotatable bonds is 7. The van der Waals surface area contributed by atoms with E-state index in [2.05, 4.69) is 12.0 Å². The average Bonchev–Trinajstić information content (AvgIpc) is 2.98. The molecule has 0 amide bonds. The van der Waals surface area contributed by atoms with Crippen molar-refractivity contribution in [2.75, 3.05) is 6.61 Å². The van der Waals surface area contributed by atoms with E-state index in [1.165, 1.54) is 32.1 Å². The summed E-state index contributed by atoms with van der Waals surface area (Å²) in [7, 11) is 0. The molecule has 4 heteroatoms. The Balaban J connectivity index is 1.57. The summed E-state index contributed by atoms with van der Waals surface area (Å²) in [6.07, 6.45) is 11.7. The number of nitrogens with zero attached hydrogens (tertiary/aromatic N) is 2. The lowest BCUT2D eigenvalue weighted by atomic mass is 9.79. The maximum absolute atomic E-state index is 11.8. The van der Waals surface area contributed by atoms with Gasteiger partial charge in [-0.25, -0.2) is 0 Å². The van der Waals surface area contributed by atoms with Crippen LogP contribution in [0.4, 0.5) is 0 Å². The van der Waals surface area contributed by atoms with Crippen molar-refractivity contribution >= 4 is 5.97 Å². The topological polar surface area (TPSA) is 44.1 Å². The van der Waals surface area contributed by atoms with Gasteiger partial charge in [-0.3, -0.25) is 9.48 Å². The van der Waals surface area contributed by atoms with Crippen LogP contribution < -0.4 is 0 Å². The molecule has 0 aromatic carbocycles. The van der Waals surface area contributed by atoms with Crippen LogP contribution in [-0.4, -0.2) is 22.4 Å². The summed E-state index contributed by atoms with van der Waals surface area (Å²) in [6, 6.07) is 1.90. The second-order valence-electron chi connectivity index (χ2n) is 5.92. The zero-order valence-corrected chi connectivity index (χ0v) is 12.5. The highest BCUT2D eigenvalue weighted by molar-refractivity contribution is 5.69. The third-order valence-electron chi connectivity index (χ3n) is 4.30. The molecule has 1 aliphatic carbocycles. The van der Waals surface area contributed by atoms with Gasteiger partial charge in [0.1, 0.15) is 0 Å². The van der Waals surface area contributed by atoms with Gasteiger partial charge >= 0.3 is 5.97 Å². The molecule has 0 spiro atoms. The molecule has 1 saturated carbocycles. The summed E-state index contributed by atoms with van der Waals surface area (Å²) in [4.78, 5) is 11.8. The summed E-state index contributed by atoms with van der Waals surface area (Å²) in [6.45, 7) is 3.50. The summed E-state index contributed by atoms with van der Waals surface area (Å²) in [5, 5.41) is 4.12. The van der Waals surface area contributed by atoms with Crippen LogP contribution >= 0.6 is 0 Å². The molecule has 1 heterocycles. The van der Waals surface area contributed by atoms with Crippen LogP contribution in [0.3, 0.4) is 0 Å². The highest BCUT2D eigenvalue weighted by Crippen LogP contribution is 2.31. The molecule has 0 radical (unpaired) electrons. The molecule has 1 fully saturated rings. The molecule has 112 valence electrons. The quantitative estimate of drug-likeness (QED) is 0.567. The van der Waals surface area contributed by atoms with Gasteiger partial charge in [0.15, 0.2) is 0 Å². The summed E-state index contributed by atoms with van der Waals surface area (Å²) in [5.41, 5.74) is 0. The Morgan fingerprint density at radius 2 is 2.20 bits per heavy atom. The van der Waals surface area contributed by atoms with Gasteiger partial charge in [-0.05, 0) is 17.9 Å². The molecule has 1 aliphatic rings. The zero-order valence-electron chi connectivity index (χ0n) is 12.5. The Morgan fingerprint density at radius 3 is 2.90 bits per heavy atom. The fourth-order valence-corrected chi connectivity index (χ4v) is 3.04. The predicted molar refractivity (Wildman–Crippen MR) is 78.2 cm³/mol. The predicted octanol–water partition coefficient (Wildman–Crippen LogP) is 3.42. The number of carbonyl (C=O) groups excluding carboxylic acids is 1. The highest BCUT2D eigenvalue weighted by Gasteiger charge is 2.22. The maximum atomic E-state index is 11.8. The van der Waals surface area contributed by atoms with Gasteiger partial charge in [0, 0.05) is 31.8 Å². The first-order valence-electron chi connectivity index (χ1n) is 7.89. The van der Waals surface area contributed by atoms with Gasteiger partial charge < -0.3 is 4.74 Å². The van der Waals surface area contributed by atoms with Crippen molar-refractivity contribution in [3.63, 3.8) is 0 Å². The number of aromatic nitrogens is 2. The van der Waals surface area contributed by atoms with Crippen LogP contribution in [0.5, 0.6) is 0 Å². The first-order chi connectivity index (χ1) is 9.75. The van der Waals surface area contributed by atoms with E-state index >= 15 is 0 Å². The van der Waals surface area contributed by atoms with Crippen molar-refractivity contribution in [3.8, 4) is 0 Å². The van der Waals surface area contributed by atoms with Crippen LogP contribution in [0.2, 0.25) is 0 Å². The summed E-state index contributed by atoms with van der Waals surface area (Å²) in [5.74, 6) is 1.15. The second kappa shape index (κ2) is 8.08. The van der Waals surface area contributed by atoms with Crippen LogP contribution in [-0.2, 0) is 16.1 Å². The standard InChI is InChI=1S/C16H26N2O2/c1-14(15-7-3-2-4-8-15)13-16(19)20-12-6-11-18-10-5-9-17-18/h5,9-10,14-15H,2-4,6-8,11-13H2,1H3. The van der Waals surface area contributed by atoms with Crippen molar-refractivity contribution in [1.29, 1.82) is 0 Å². The molecular weight excluding hydrogens is 252 g/mol. The Hall–Kier alpha value is -1.32. The number of aryl methyl sites for hydroxylation is 1. The van der Waals surface area contributed by atoms with Crippen molar-refractivity contribution in [2.24, 2.45) is 11.8 Å². The van der Waals surface area contributed by atoms with Crippen LogP contribution in [0.1, 0.15) is 51.9 Å². The fourth-order valence-electron chi connectivity index (χ4n) is 3.04. The number of esters is 1.